The molecule has 0 fully saturated rings. The van der Waals surface area contributed by atoms with E-state index in [4.69, 9.17) is 4.98 Å². The number of anilines is 2. The van der Waals surface area contributed by atoms with Crippen LogP contribution in [0.15, 0.2) is 66.7 Å². The van der Waals surface area contributed by atoms with Crippen LogP contribution in [0.3, 0.4) is 0 Å². The highest BCUT2D eigenvalue weighted by atomic mass is 16.2. The molecule has 3 heterocycles. The first kappa shape index (κ1) is 18.1. The fourth-order valence-electron chi connectivity index (χ4n) is 4.09. The molecule has 0 bridgehead atoms. The summed E-state index contributed by atoms with van der Waals surface area (Å²) >= 11 is 0. The minimum atomic E-state index is -0.125. The number of fused-ring (bicyclic) bond motifs is 2. The fourth-order valence-corrected chi connectivity index (χ4v) is 4.09. The van der Waals surface area contributed by atoms with Crippen LogP contribution in [-0.2, 0) is 9.59 Å². The van der Waals surface area contributed by atoms with Crippen LogP contribution in [0, 0.1) is 0 Å². The molecule has 0 saturated heterocycles. The van der Waals surface area contributed by atoms with Crippen LogP contribution in [0.5, 0.6) is 0 Å². The number of aromatic nitrogens is 1. The molecule has 2 N–H and O–H groups in total. The van der Waals surface area contributed by atoms with E-state index in [1.165, 1.54) is 0 Å². The Morgan fingerprint density at radius 2 is 1.07 bits per heavy atom. The third kappa shape index (κ3) is 2.75. The Labute approximate surface area is 174 Å². The van der Waals surface area contributed by atoms with E-state index in [1.54, 1.807) is 0 Å². The van der Waals surface area contributed by atoms with Crippen LogP contribution in [-0.4, -0.2) is 16.8 Å². The van der Waals surface area contributed by atoms with E-state index in [-0.39, 0.29) is 11.8 Å². The fraction of sp³-hybridized carbons (Fsp3) is 0.0800. The first-order valence-corrected chi connectivity index (χ1v) is 9.75. The Bertz CT molecular complexity index is 1200. The summed E-state index contributed by atoms with van der Waals surface area (Å²) in [7, 11) is 0. The van der Waals surface area contributed by atoms with Gasteiger partial charge in [-0.2, -0.15) is 0 Å². The molecule has 30 heavy (non-hydrogen) atoms. The van der Waals surface area contributed by atoms with Crippen LogP contribution in [0.4, 0.5) is 11.4 Å². The maximum Gasteiger partial charge on any atom is 0.256 e. The van der Waals surface area contributed by atoms with E-state index in [9.17, 15) is 9.59 Å². The Morgan fingerprint density at radius 3 is 1.53 bits per heavy atom. The second-order valence-corrected chi connectivity index (χ2v) is 7.41. The lowest BCUT2D eigenvalue weighted by atomic mass is 9.97. The molecule has 2 aliphatic heterocycles. The van der Waals surface area contributed by atoms with Crippen molar-refractivity contribution < 1.29 is 9.59 Å². The van der Waals surface area contributed by atoms with Crippen LogP contribution < -0.4 is 10.6 Å². The normalized spacial score (nSPS) is 17.8. The monoisotopic (exact) mass is 393 g/mol. The highest BCUT2D eigenvalue weighted by Crippen LogP contribution is 2.38. The average molecular weight is 393 g/mol. The van der Waals surface area contributed by atoms with Gasteiger partial charge < -0.3 is 10.6 Å². The SMILES string of the molecule is C/C(=C1\C(=O)Nc2ccccc21)c1cccc(/C(C)=C2/C(=O)Nc3ccccc32)n1. The number of nitrogens with zero attached hydrogens (tertiary/aromatic N) is 1. The molecule has 1 aromatic heterocycles. The number of allylic oxidation sites excluding steroid dienone is 2. The predicted molar refractivity (Wildman–Crippen MR) is 119 cm³/mol. The molecule has 2 amide bonds. The van der Waals surface area contributed by atoms with Crippen LogP contribution in [0.2, 0.25) is 0 Å². The van der Waals surface area contributed by atoms with Gasteiger partial charge in [-0.1, -0.05) is 42.5 Å². The highest BCUT2D eigenvalue weighted by Gasteiger charge is 2.28. The van der Waals surface area contributed by atoms with E-state index in [1.807, 2.05) is 80.6 Å². The summed E-state index contributed by atoms with van der Waals surface area (Å²) in [5.41, 5.74) is 7.66. The summed E-state index contributed by atoms with van der Waals surface area (Å²) in [5, 5.41) is 5.82. The summed E-state index contributed by atoms with van der Waals surface area (Å²) in [6, 6.07) is 21.0. The summed E-state index contributed by atoms with van der Waals surface area (Å²) in [6.45, 7) is 3.81. The summed E-state index contributed by atoms with van der Waals surface area (Å²) in [4.78, 5) is 30.0. The van der Waals surface area contributed by atoms with Crippen molar-refractivity contribution in [3.8, 4) is 0 Å². The number of benzene rings is 2. The van der Waals surface area contributed by atoms with E-state index >= 15 is 0 Å². The van der Waals surface area contributed by atoms with Crippen LogP contribution in [0.1, 0.15) is 36.4 Å². The van der Waals surface area contributed by atoms with E-state index < -0.39 is 0 Å². The molecule has 5 rings (SSSR count). The average Bonchev–Trinajstić information content (AvgIpc) is 3.28. The molecule has 5 heteroatoms. The summed E-state index contributed by atoms with van der Waals surface area (Å²) in [5.74, 6) is -0.250. The quantitative estimate of drug-likeness (QED) is 0.612. The standard InChI is InChI=1S/C25H19N3O2/c1-14(22-16-8-3-5-10-20(16)27-24(22)29)18-12-7-13-19(26-18)15(2)23-17-9-4-6-11-21(17)28-25(23)30/h3-13H,1-2H3,(H,27,29)(H,28,30)/b22-14+,23-15+. The van der Waals surface area contributed by atoms with Gasteiger partial charge in [0.25, 0.3) is 11.8 Å². The van der Waals surface area contributed by atoms with E-state index in [0.29, 0.717) is 22.5 Å². The third-order valence-electron chi connectivity index (χ3n) is 5.61. The molecule has 5 nitrogen and oxygen atoms in total. The molecule has 0 atom stereocenters. The van der Waals surface area contributed by atoms with E-state index in [0.717, 1.165) is 33.6 Å². The topological polar surface area (TPSA) is 71.1 Å². The maximum absolute atomic E-state index is 12.6. The van der Waals surface area contributed by atoms with Crippen molar-refractivity contribution in [2.75, 3.05) is 10.6 Å². The molecule has 0 aliphatic carbocycles. The molecule has 0 radical (unpaired) electrons. The zero-order valence-corrected chi connectivity index (χ0v) is 16.6. The molecule has 2 aromatic carbocycles. The molecule has 0 saturated carbocycles. The number of hydrogen-bond donors (Lipinski definition) is 2. The van der Waals surface area contributed by atoms with Gasteiger partial charge in [0.15, 0.2) is 0 Å². The minimum Gasteiger partial charge on any atom is -0.321 e. The van der Waals surface area contributed by atoms with Crippen LogP contribution >= 0.6 is 0 Å². The van der Waals surface area contributed by atoms with Gasteiger partial charge in [-0.25, -0.2) is 4.98 Å². The first-order valence-electron chi connectivity index (χ1n) is 9.75. The lowest BCUT2D eigenvalue weighted by Gasteiger charge is -2.10. The second kappa shape index (κ2) is 6.81. The van der Waals surface area contributed by atoms with Crippen molar-refractivity contribution in [3.05, 3.63) is 89.2 Å². The Kier molecular flexibility index (Phi) is 4.10. The van der Waals surface area contributed by atoms with Crippen molar-refractivity contribution in [3.63, 3.8) is 0 Å². The largest absolute Gasteiger partial charge is 0.321 e. The first-order chi connectivity index (χ1) is 14.5. The van der Waals surface area contributed by atoms with Gasteiger partial charge >= 0.3 is 0 Å². The maximum atomic E-state index is 12.6. The molecular weight excluding hydrogens is 374 g/mol. The molecule has 3 aromatic rings. The van der Waals surface area contributed by atoms with E-state index in [2.05, 4.69) is 10.6 Å². The zero-order chi connectivity index (χ0) is 20.8. The molecule has 2 aliphatic rings. The lowest BCUT2D eigenvalue weighted by molar-refractivity contribution is -0.111. The van der Waals surface area contributed by atoms with Crippen LogP contribution in [0.25, 0.3) is 22.3 Å². The Morgan fingerprint density at radius 1 is 0.633 bits per heavy atom. The number of pyridine rings is 1. The Balaban J connectivity index is 1.63. The van der Waals surface area contributed by atoms with Gasteiger partial charge in [0.2, 0.25) is 0 Å². The molecule has 0 spiro atoms. The molecule has 146 valence electrons. The number of para-hydroxylation sites is 2. The van der Waals surface area contributed by atoms with Gasteiger partial charge in [0.05, 0.1) is 22.5 Å². The molecular formula is C25H19N3O2. The summed E-state index contributed by atoms with van der Waals surface area (Å²) < 4.78 is 0. The number of carbonyl (C=O) groups is 2. The van der Waals surface area contributed by atoms with Gasteiger partial charge in [-0.05, 0) is 49.3 Å². The third-order valence-corrected chi connectivity index (χ3v) is 5.61. The predicted octanol–water partition coefficient (Wildman–Crippen LogP) is 4.85. The highest BCUT2D eigenvalue weighted by molar-refractivity contribution is 6.37. The number of rotatable bonds is 2. The van der Waals surface area contributed by atoms with Gasteiger partial charge in [0, 0.05) is 22.5 Å². The van der Waals surface area contributed by atoms with Crippen molar-refractivity contribution in [1.82, 2.24) is 4.98 Å². The minimum absolute atomic E-state index is 0.125. The smallest absolute Gasteiger partial charge is 0.256 e. The number of hydrogen-bond acceptors (Lipinski definition) is 3. The van der Waals surface area contributed by atoms with Gasteiger partial charge in [-0.15, -0.1) is 0 Å². The lowest BCUT2D eigenvalue weighted by Crippen LogP contribution is -2.07. The summed E-state index contributed by atoms with van der Waals surface area (Å²) in [6.07, 6.45) is 0. The van der Waals surface area contributed by atoms with Crippen molar-refractivity contribution in [2.45, 2.75) is 13.8 Å². The molecule has 0 unspecified atom stereocenters. The van der Waals surface area contributed by atoms with Gasteiger partial charge in [0.1, 0.15) is 0 Å². The number of carbonyl (C=O) groups excluding carboxylic acids is 2. The number of amides is 2. The Hall–Kier alpha value is -3.99. The van der Waals surface area contributed by atoms with Crippen molar-refractivity contribution in [2.24, 2.45) is 0 Å². The van der Waals surface area contributed by atoms with Crippen molar-refractivity contribution >= 4 is 45.5 Å². The second-order valence-electron chi connectivity index (χ2n) is 7.41. The number of nitrogens with one attached hydrogen (secondary N) is 2. The van der Waals surface area contributed by atoms with Gasteiger partial charge in [-0.3, -0.25) is 9.59 Å². The zero-order valence-electron chi connectivity index (χ0n) is 16.6. The van der Waals surface area contributed by atoms with Crippen molar-refractivity contribution in [1.29, 1.82) is 0 Å².